The van der Waals surface area contributed by atoms with Gasteiger partial charge >= 0.3 is 6.03 Å². The van der Waals surface area contributed by atoms with Crippen molar-refractivity contribution in [1.29, 1.82) is 0 Å². The summed E-state index contributed by atoms with van der Waals surface area (Å²) in [6.07, 6.45) is 3.99. The smallest absolute Gasteiger partial charge is 0.322 e. The summed E-state index contributed by atoms with van der Waals surface area (Å²) in [4.78, 5) is 48.1. The number of rotatable bonds is 12. The molecule has 5 rings (SSSR count). The van der Waals surface area contributed by atoms with E-state index in [1.807, 2.05) is 41.0 Å². The summed E-state index contributed by atoms with van der Waals surface area (Å²) in [6, 6.07) is 13.5. The van der Waals surface area contributed by atoms with Crippen LogP contribution in [-0.2, 0) is 16.0 Å². The highest BCUT2D eigenvalue weighted by Gasteiger charge is 2.38. The zero-order valence-corrected chi connectivity index (χ0v) is 31.7. The molecule has 3 amide bonds. The van der Waals surface area contributed by atoms with Gasteiger partial charge < -0.3 is 30.1 Å². The van der Waals surface area contributed by atoms with E-state index < -0.39 is 10.1 Å². The number of anilines is 2. The van der Waals surface area contributed by atoms with Gasteiger partial charge in [-0.15, -0.1) is 11.8 Å². The summed E-state index contributed by atoms with van der Waals surface area (Å²) >= 11 is 1.41. The highest BCUT2D eigenvalue weighted by Crippen LogP contribution is 2.43. The Morgan fingerprint density at radius 1 is 1.00 bits per heavy atom. The number of hydrogen-bond donors (Lipinski definition) is 2. The number of nitrogens with zero attached hydrogens (tertiary/aromatic N) is 4. The van der Waals surface area contributed by atoms with E-state index >= 15 is 4.39 Å². The molecule has 0 spiro atoms. The lowest BCUT2D eigenvalue weighted by Crippen LogP contribution is -2.50. The molecule has 0 radical (unpaired) electrons. The van der Waals surface area contributed by atoms with Crippen molar-refractivity contribution >= 4 is 41.4 Å². The highest BCUT2D eigenvalue weighted by atomic mass is 32.2. The SMILES string of the molecule is CC(C)N1CCN(c2c(F)cccc2[C@H](NCCC(C)(C)C)S[C@@](C)(C=O)CC(=O)N2CCC(N3CCc4ccccc4NC3=O)CC2)CC1. The van der Waals surface area contributed by atoms with Gasteiger partial charge in [0.1, 0.15) is 12.1 Å². The van der Waals surface area contributed by atoms with Crippen molar-refractivity contribution in [3.05, 3.63) is 59.4 Å². The van der Waals surface area contributed by atoms with Crippen LogP contribution in [0.3, 0.4) is 0 Å². The molecule has 2 aromatic rings. The molecule has 3 heterocycles. The van der Waals surface area contributed by atoms with Crippen molar-refractivity contribution in [3.8, 4) is 0 Å². The number of para-hydroxylation sites is 2. The molecule has 2 saturated heterocycles. The van der Waals surface area contributed by atoms with Gasteiger partial charge in [0.2, 0.25) is 5.91 Å². The second kappa shape index (κ2) is 16.5. The second-order valence-electron chi connectivity index (χ2n) is 15.8. The van der Waals surface area contributed by atoms with E-state index in [1.54, 1.807) is 6.07 Å². The number of urea groups is 1. The lowest BCUT2D eigenvalue weighted by Gasteiger charge is -2.40. The number of carbonyl (C=O) groups excluding carboxylic acids is 3. The van der Waals surface area contributed by atoms with E-state index in [0.29, 0.717) is 50.7 Å². The largest absolute Gasteiger partial charge is 0.366 e. The molecule has 0 bridgehead atoms. The van der Waals surface area contributed by atoms with Gasteiger partial charge in [0.05, 0.1) is 15.8 Å². The minimum absolute atomic E-state index is 0.0422. The zero-order valence-electron chi connectivity index (χ0n) is 30.8. The van der Waals surface area contributed by atoms with Gasteiger partial charge in [0.15, 0.2) is 0 Å². The predicted octanol–water partition coefficient (Wildman–Crippen LogP) is 6.54. The van der Waals surface area contributed by atoms with E-state index in [-0.39, 0.29) is 35.6 Å². The number of amides is 3. The molecule has 2 fully saturated rings. The minimum atomic E-state index is -1.04. The second-order valence-corrected chi connectivity index (χ2v) is 17.4. The van der Waals surface area contributed by atoms with Gasteiger partial charge in [-0.05, 0) is 76.1 Å². The lowest BCUT2D eigenvalue weighted by molar-refractivity contribution is -0.134. The number of piperidine rings is 1. The number of fused-ring (bicyclic) bond motifs is 1. The third-order valence-corrected chi connectivity index (χ3v) is 11.8. The van der Waals surface area contributed by atoms with Crippen molar-refractivity contribution in [1.82, 2.24) is 20.0 Å². The van der Waals surface area contributed by atoms with Gasteiger partial charge in [-0.2, -0.15) is 0 Å². The number of aldehydes is 1. The lowest BCUT2D eigenvalue weighted by atomic mass is 9.92. The third kappa shape index (κ3) is 9.59. The Balaban J connectivity index is 1.27. The molecule has 3 aliphatic heterocycles. The number of carbonyl (C=O) groups is 3. The molecule has 2 aromatic carbocycles. The summed E-state index contributed by atoms with van der Waals surface area (Å²) in [5, 5.41) is 6.32. The van der Waals surface area contributed by atoms with Crippen LogP contribution in [0, 0.1) is 11.2 Å². The first kappa shape index (κ1) is 38.1. The van der Waals surface area contributed by atoms with E-state index in [9.17, 15) is 14.4 Å². The maximum atomic E-state index is 15.8. The molecule has 274 valence electrons. The molecule has 0 unspecified atom stereocenters. The number of likely N-dealkylation sites (tertiary alicyclic amines) is 1. The number of piperazine rings is 1. The van der Waals surface area contributed by atoms with Gasteiger partial charge in [0, 0.05) is 75.6 Å². The molecule has 0 aromatic heterocycles. The van der Waals surface area contributed by atoms with Crippen LogP contribution < -0.4 is 15.5 Å². The summed E-state index contributed by atoms with van der Waals surface area (Å²) in [5.41, 5.74) is 3.48. The quantitative estimate of drug-likeness (QED) is 0.191. The number of nitrogens with one attached hydrogen (secondary N) is 2. The maximum Gasteiger partial charge on any atom is 0.322 e. The van der Waals surface area contributed by atoms with Crippen molar-refractivity contribution in [2.45, 2.75) is 95.9 Å². The van der Waals surface area contributed by atoms with Crippen LogP contribution in [0.5, 0.6) is 0 Å². The van der Waals surface area contributed by atoms with E-state index in [4.69, 9.17) is 0 Å². The van der Waals surface area contributed by atoms with Crippen molar-refractivity contribution < 1.29 is 18.8 Å². The Labute approximate surface area is 302 Å². The third-order valence-electron chi connectivity index (χ3n) is 10.4. The average Bonchev–Trinajstić information content (AvgIpc) is 3.25. The normalized spacial score (nSPS) is 19.8. The van der Waals surface area contributed by atoms with Gasteiger partial charge in [-0.1, -0.05) is 51.1 Å². The molecular weight excluding hydrogens is 652 g/mol. The van der Waals surface area contributed by atoms with Crippen LogP contribution in [-0.4, -0.2) is 102 Å². The zero-order chi connectivity index (χ0) is 36.1. The fourth-order valence-electron chi connectivity index (χ4n) is 7.29. The average molecular weight is 709 g/mol. The molecule has 0 saturated carbocycles. The number of benzene rings is 2. The molecule has 2 N–H and O–H groups in total. The van der Waals surface area contributed by atoms with Crippen LogP contribution in [0.15, 0.2) is 42.5 Å². The van der Waals surface area contributed by atoms with Crippen LogP contribution in [0.1, 0.15) is 83.7 Å². The summed E-state index contributed by atoms with van der Waals surface area (Å²) < 4.78 is 14.7. The van der Waals surface area contributed by atoms with E-state index in [1.165, 1.54) is 17.8 Å². The van der Waals surface area contributed by atoms with Crippen molar-refractivity contribution in [2.24, 2.45) is 5.41 Å². The maximum absolute atomic E-state index is 15.8. The van der Waals surface area contributed by atoms with Crippen LogP contribution >= 0.6 is 11.8 Å². The molecule has 0 aliphatic carbocycles. The topological polar surface area (TPSA) is 88.2 Å². The molecule has 2 atom stereocenters. The molecule has 50 heavy (non-hydrogen) atoms. The summed E-state index contributed by atoms with van der Waals surface area (Å²) in [7, 11) is 0. The Morgan fingerprint density at radius 2 is 1.70 bits per heavy atom. The first-order valence-corrected chi connectivity index (χ1v) is 19.2. The molecule has 11 heteroatoms. The minimum Gasteiger partial charge on any atom is -0.366 e. The Hall–Kier alpha value is -3.15. The van der Waals surface area contributed by atoms with Crippen molar-refractivity contribution in [2.75, 3.05) is 62.6 Å². The van der Waals surface area contributed by atoms with Crippen LogP contribution in [0.25, 0.3) is 0 Å². The number of halogens is 1. The fourth-order valence-corrected chi connectivity index (χ4v) is 8.61. The first-order chi connectivity index (χ1) is 23.8. The van der Waals surface area contributed by atoms with Crippen LogP contribution in [0.4, 0.5) is 20.6 Å². The Morgan fingerprint density at radius 3 is 2.36 bits per heavy atom. The van der Waals surface area contributed by atoms with Crippen molar-refractivity contribution in [3.63, 3.8) is 0 Å². The Bertz CT molecular complexity index is 1480. The number of hydrogen-bond acceptors (Lipinski definition) is 7. The monoisotopic (exact) mass is 708 g/mol. The highest BCUT2D eigenvalue weighted by molar-refractivity contribution is 8.01. The Kier molecular flexibility index (Phi) is 12.5. The van der Waals surface area contributed by atoms with Gasteiger partial charge in [-0.25, -0.2) is 9.18 Å². The summed E-state index contributed by atoms with van der Waals surface area (Å²) in [5.74, 6) is -0.339. The standard InChI is InChI=1S/C39H57FN6O3S/c1-28(2)43-22-24-45(25-23-43)35-31(11-9-12-32(35)40)36(41-18-17-38(3,4)5)50-39(6,27-47)26-34(48)44-19-15-30(16-20-44)46-21-14-29-10-7-8-13-33(29)42-37(46)49/h7-13,27-28,30,36,41H,14-26H2,1-6H3,(H,42,49)/t36-,39-/m1/s1. The summed E-state index contributed by atoms with van der Waals surface area (Å²) in [6.45, 7) is 18.3. The molecule has 9 nitrogen and oxygen atoms in total. The number of thioether (sulfide) groups is 1. The predicted molar refractivity (Wildman–Crippen MR) is 202 cm³/mol. The molecule has 3 aliphatic rings. The van der Waals surface area contributed by atoms with E-state index in [0.717, 1.165) is 62.1 Å². The fraction of sp³-hybridized carbons (Fsp3) is 0.615. The van der Waals surface area contributed by atoms with Gasteiger partial charge in [0.25, 0.3) is 0 Å². The van der Waals surface area contributed by atoms with E-state index in [2.05, 4.69) is 61.1 Å². The van der Waals surface area contributed by atoms with Gasteiger partial charge in [-0.3, -0.25) is 9.69 Å². The molecular formula is C39H57FN6O3S. The van der Waals surface area contributed by atoms with Crippen LogP contribution in [0.2, 0.25) is 0 Å². The first-order valence-electron chi connectivity index (χ1n) is 18.3.